The minimum absolute atomic E-state index is 0.253. The van der Waals surface area contributed by atoms with Gasteiger partial charge in [-0.3, -0.25) is 0 Å². The van der Waals surface area contributed by atoms with Crippen molar-refractivity contribution in [3.63, 3.8) is 0 Å². The summed E-state index contributed by atoms with van der Waals surface area (Å²) in [5.41, 5.74) is 2.19. The number of aromatic nitrogens is 4. The lowest BCUT2D eigenvalue weighted by molar-refractivity contribution is 0.185. The smallest absolute Gasteiger partial charge is 0.216 e. The van der Waals surface area contributed by atoms with Crippen LogP contribution in [0.4, 0.5) is 5.69 Å². The monoisotopic (exact) mass is 256 g/mol. The van der Waals surface area contributed by atoms with Gasteiger partial charge >= 0.3 is 0 Å². The summed E-state index contributed by atoms with van der Waals surface area (Å²) in [4.78, 5) is 0. The van der Waals surface area contributed by atoms with E-state index < -0.39 is 0 Å². The van der Waals surface area contributed by atoms with E-state index in [1.54, 1.807) is 7.11 Å². The average Bonchev–Trinajstić information content (AvgIpc) is 2.94. The van der Waals surface area contributed by atoms with Gasteiger partial charge in [0.05, 0.1) is 6.61 Å². The van der Waals surface area contributed by atoms with Gasteiger partial charge in [0.1, 0.15) is 11.6 Å². The molecule has 0 fully saturated rings. The predicted octanol–water partition coefficient (Wildman–Crippen LogP) is 1.32. The SMILES string of the molecule is COCc1cccc(NC=C(C#N)c2nn[nH]n2)c1. The van der Waals surface area contributed by atoms with Crippen molar-refractivity contribution >= 4 is 11.3 Å². The van der Waals surface area contributed by atoms with E-state index in [4.69, 9.17) is 10.00 Å². The molecular weight excluding hydrogens is 244 g/mol. The zero-order chi connectivity index (χ0) is 13.5. The van der Waals surface area contributed by atoms with Gasteiger partial charge < -0.3 is 10.1 Å². The molecule has 1 aromatic carbocycles. The van der Waals surface area contributed by atoms with Crippen LogP contribution in [0.5, 0.6) is 0 Å². The van der Waals surface area contributed by atoms with Crippen molar-refractivity contribution in [2.75, 3.05) is 12.4 Å². The van der Waals surface area contributed by atoms with Crippen molar-refractivity contribution in [1.82, 2.24) is 20.6 Å². The second-order valence-electron chi connectivity index (χ2n) is 3.68. The number of methoxy groups -OCH3 is 1. The maximum atomic E-state index is 9.01. The first-order valence-electron chi connectivity index (χ1n) is 5.52. The fourth-order valence-electron chi connectivity index (χ4n) is 1.50. The molecule has 2 aromatic rings. The minimum Gasteiger partial charge on any atom is -0.380 e. The fourth-order valence-corrected chi connectivity index (χ4v) is 1.50. The van der Waals surface area contributed by atoms with E-state index >= 15 is 0 Å². The lowest BCUT2D eigenvalue weighted by Gasteiger charge is -2.04. The van der Waals surface area contributed by atoms with Crippen LogP contribution in [0.1, 0.15) is 11.4 Å². The Balaban J connectivity index is 2.13. The van der Waals surface area contributed by atoms with E-state index in [0.29, 0.717) is 12.2 Å². The van der Waals surface area contributed by atoms with Gasteiger partial charge in [0, 0.05) is 19.0 Å². The Morgan fingerprint density at radius 2 is 2.47 bits per heavy atom. The first-order valence-corrected chi connectivity index (χ1v) is 5.52. The summed E-state index contributed by atoms with van der Waals surface area (Å²) in [5.74, 6) is 0.253. The van der Waals surface area contributed by atoms with Crippen molar-refractivity contribution in [1.29, 1.82) is 5.26 Å². The molecule has 2 N–H and O–H groups in total. The molecule has 7 nitrogen and oxygen atoms in total. The lowest BCUT2D eigenvalue weighted by Crippen LogP contribution is -1.94. The third-order valence-electron chi connectivity index (χ3n) is 2.33. The van der Waals surface area contributed by atoms with Gasteiger partial charge in [0.25, 0.3) is 0 Å². The molecule has 0 spiro atoms. The minimum atomic E-state index is 0.253. The van der Waals surface area contributed by atoms with Crippen LogP contribution in [0.3, 0.4) is 0 Å². The number of hydrogen-bond acceptors (Lipinski definition) is 6. The third kappa shape index (κ3) is 3.37. The molecule has 0 aliphatic heterocycles. The highest BCUT2D eigenvalue weighted by molar-refractivity contribution is 5.74. The molecule has 7 heteroatoms. The Hall–Kier alpha value is -2.72. The van der Waals surface area contributed by atoms with Gasteiger partial charge in [-0.05, 0) is 22.9 Å². The molecule has 0 atom stereocenters. The molecule has 2 rings (SSSR count). The maximum absolute atomic E-state index is 9.01. The molecular formula is C12H12N6O. The summed E-state index contributed by atoms with van der Waals surface area (Å²) >= 11 is 0. The molecule has 0 aliphatic rings. The van der Waals surface area contributed by atoms with E-state index in [1.165, 1.54) is 6.20 Å². The Labute approximate surface area is 109 Å². The summed E-state index contributed by atoms with van der Waals surface area (Å²) in [6, 6.07) is 9.70. The van der Waals surface area contributed by atoms with E-state index in [1.807, 2.05) is 30.3 Å². The van der Waals surface area contributed by atoms with Crippen LogP contribution < -0.4 is 5.32 Å². The number of ether oxygens (including phenoxy) is 1. The Kier molecular flexibility index (Phi) is 4.21. The summed E-state index contributed by atoms with van der Waals surface area (Å²) in [6.07, 6.45) is 1.54. The maximum Gasteiger partial charge on any atom is 0.216 e. The number of nitrogens with one attached hydrogen (secondary N) is 2. The number of H-pyrrole nitrogens is 1. The molecule has 96 valence electrons. The largest absolute Gasteiger partial charge is 0.380 e. The standard InChI is InChI=1S/C12H12N6O/c1-19-8-9-3-2-4-11(5-9)14-7-10(6-13)12-15-17-18-16-12/h2-5,7,14H,8H2,1H3,(H,15,16,17,18). The number of allylic oxidation sites excluding steroid dienone is 1. The zero-order valence-corrected chi connectivity index (χ0v) is 10.3. The van der Waals surface area contributed by atoms with Crippen LogP contribution >= 0.6 is 0 Å². The van der Waals surface area contributed by atoms with Gasteiger partial charge in [-0.15, -0.1) is 10.2 Å². The van der Waals surface area contributed by atoms with Crippen molar-refractivity contribution in [3.8, 4) is 6.07 Å². The van der Waals surface area contributed by atoms with E-state index in [-0.39, 0.29) is 5.82 Å². The Bertz CT molecular complexity index is 599. The molecule has 1 aromatic heterocycles. The highest BCUT2D eigenvalue weighted by Gasteiger charge is 2.05. The number of tetrazole rings is 1. The normalized spacial score (nSPS) is 11.1. The second-order valence-corrected chi connectivity index (χ2v) is 3.68. The quantitative estimate of drug-likeness (QED) is 0.783. The number of rotatable bonds is 5. The van der Waals surface area contributed by atoms with Gasteiger partial charge in [-0.1, -0.05) is 12.1 Å². The number of benzene rings is 1. The Morgan fingerprint density at radius 3 is 3.16 bits per heavy atom. The van der Waals surface area contributed by atoms with E-state index in [9.17, 15) is 0 Å². The first-order chi connectivity index (χ1) is 9.33. The molecule has 0 radical (unpaired) electrons. The number of nitriles is 1. The van der Waals surface area contributed by atoms with Crippen LogP contribution in [0.25, 0.3) is 5.57 Å². The van der Waals surface area contributed by atoms with Crippen molar-refractivity contribution < 1.29 is 4.74 Å². The molecule has 0 aliphatic carbocycles. The molecule has 0 unspecified atom stereocenters. The first kappa shape index (κ1) is 12.7. The van der Waals surface area contributed by atoms with Crippen molar-refractivity contribution in [2.24, 2.45) is 0 Å². The highest BCUT2D eigenvalue weighted by atomic mass is 16.5. The number of anilines is 1. The summed E-state index contributed by atoms with van der Waals surface area (Å²) in [7, 11) is 1.64. The van der Waals surface area contributed by atoms with E-state index in [0.717, 1.165) is 11.3 Å². The van der Waals surface area contributed by atoms with Gasteiger partial charge in [-0.2, -0.15) is 10.5 Å². The van der Waals surface area contributed by atoms with Crippen LogP contribution in [0, 0.1) is 11.3 Å². The zero-order valence-electron chi connectivity index (χ0n) is 10.3. The van der Waals surface area contributed by atoms with Crippen LogP contribution in [0.2, 0.25) is 0 Å². The van der Waals surface area contributed by atoms with Gasteiger partial charge in [0.15, 0.2) is 0 Å². The van der Waals surface area contributed by atoms with Crippen molar-refractivity contribution in [2.45, 2.75) is 6.61 Å². The van der Waals surface area contributed by atoms with E-state index in [2.05, 4.69) is 25.9 Å². The van der Waals surface area contributed by atoms with Gasteiger partial charge in [0.2, 0.25) is 5.82 Å². The van der Waals surface area contributed by atoms with Crippen molar-refractivity contribution in [3.05, 3.63) is 41.9 Å². The third-order valence-corrected chi connectivity index (χ3v) is 2.33. The van der Waals surface area contributed by atoms with Crippen LogP contribution in [-0.4, -0.2) is 27.7 Å². The molecule has 1 heterocycles. The number of nitrogens with zero attached hydrogens (tertiary/aromatic N) is 4. The summed E-state index contributed by atoms with van der Waals surface area (Å²) < 4.78 is 5.06. The fraction of sp³-hybridized carbons (Fsp3) is 0.167. The Morgan fingerprint density at radius 1 is 1.58 bits per heavy atom. The van der Waals surface area contributed by atoms with Crippen LogP contribution in [0.15, 0.2) is 30.5 Å². The lowest BCUT2D eigenvalue weighted by atomic mass is 10.2. The molecule has 0 amide bonds. The molecule has 0 saturated carbocycles. The molecule has 19 heavy (non-hydrogen) atoms. The highest BCUT2D eigenvalue weighted by Crippen LogP contribution is 2.13. The van der Waals surface area contributed by atoms with Crippen LogP contribution in [-0.2, 0) is 11.3 Å². The molecule has 0 saturated heterocycles. The predicted molar refractivity (Wildman–Crippen MR) is 68.5 cm³/mol. The average molecular weight is 256 g/mol. The topological polar surface area (TPSA) is 99.5 Å². The second kappa shape index (κ2) is 6.28. The molecule has 0 bridgehead atoms. The summed E-state index contributed by atoms with van der Waals surface area (Å²) in [5, 5.41) is 25.2. The van der Waals surface area contributed by atoms with Gasteiger partial charge in [-0.25, -0.2) is 0 Å². The number of hydrogen-bond donors (Lipinski definition) is 2. The summed E-state index contributed by atoms with van der Waals surface area (Å²) in [6.45, 7) is 0.537. The number of aromatic amines is 1.